The molecular formula is C12H16N. The SMILES string of the molecule is CC1CCCCN1c1c[c]ccc1. The Morgan fingerprint density at radius 1 is 1.46 bits per heavy atom. The van der Waals surface area contributed by atoms with E-state index in [1.54, 1.807) is 0 Å². The number of piperidine rings is 1. The topological polar surface area (TPSA) is 3.24 Å². The molecule has 1 aromatic rings. The van der Waals surface area contributed by atoms with Crippen molar-refractivity contribution in [2.24, 2.45) is 0 Å². The van der Waals surface area contributed by atoms with E-state index in [1.807, 2.05) is 6.07 Å². The van der Waals surface area contributed by atoms with Crippen LogP contribution in [0.15, 0.2) is 24.3 Å². The van der Waals surface area contributed by atoms with Crippen LogP contribution >= 0.6 is 0 Å². The van der Waals surface area contributed by atoms with Crippen LogP contribution in [0.25, 0.3) is 0 Å². The second-order valence-electron chi connectivity index (χ2n) is 3.80. The molecule has 0 saturated carbocycles. The summed E-state index contributed by atoms with van der Waals surface area (Å²) in [6, 6.07) is 12.1. The molecule has 0 aliphatic carbocycles. The van der Waals surface area contributed by atoms with Crippen molar-refractivity contribution in [2.75, 3.05) is 11.4 Å². The van der Waals surface area contributed by atoms with Gasteiger partial charge in [0, 0.05) is 18.3 Å². The minimum absolute atomic E-state index is 0.699. The van der Waals surface area contributed by atoms with Gasteiger partial charge in [-0.1, -0.05) is 12.1 Å². The molecule has 1 unspecified atom stereocenters. The van der Waals surface area contributed by atoms with Crippen molar-refractivity contribution in [1.82, 2.24) is 0 Å². The first-order valence-electron chi connectivity index (χ1n) is 5.10. The normalized spacial score (nSPS) is 23.2. The van der Waals surface area contributed by atoms with E-state index in [1.165, 1.54) is 31.5 Å². The van der Waals surface area contributed by atoms with Crippen LogP contribution in [0.2, 0.25) is 0 Å². The maximum Gasteiger partial charge on any atom is 0.0374 e. The zero-order chi connectivity index (χ0) is 9.10. The molecule has 1 nitrogen and oxygen atoms in total. The molecule has 1 heteroatoms. The molecule has 13 heavy (non-hydrogen) atoms. The van der Waals surface area contributed by atoms with Crippen molar-refractivity contribution in [3.63, 3.8) is 0 Å². The summed E-state index contributed by atoms with van der Waals surface area (Å²) in [4.78, 5) is 2.49. The number of anilines is 1. The minimum atomic E-state index is 0.699. The molecule has 0 N–H and O–H groups in total. The van der Waals surface area contributed by atoms with Gasteiger partial charge in [0.25, 0.3) is 0 Å². The van der Waals surface area contributed by atoms with E-state index in [2.05, 4.69) is 36.1 Å². The van der Waals surface area contributed by atoms with E-state index in [0.717, 1.165) is 0 Å². The van der Waals surface area contributed by atoms with Crippen LogP contribution in [0.4, 0.5) is 5.69 Å². The Bertz CT molecular complexity index is 255. The fourth-order valence-corrected chi connectivity index (χ4v) is 2.04. The van der Waals surface area contributed by atoms with E-state index in [4.69, 9.17) is 0 Å². The Balaban J connectivity index is 2.15. The van der Waals surface area contributed by atoms with Gasteiger partial charge in [0.15, 0.2) is 0 Å². The molecule has 1 aliphatic heterocycles. The smallest absolute Gasteiger partial charge is 0.0374 e. The lowest BCUT2D eigenvalue weighted by molar-refractivity contribution is 0.485. The van der Waals surface area contributed by atoms with E-state index in [9.17, 15) is 0 Å². The van der Waals surface area contributed by atoms with Gasteiger partial charge in [-0.25, -0.2) is 0 Å². The van der Waals surface area contributed by atoms with Gasteiger partial charge >= 0.3 is 0 Å². The van der Waals surface area contributed by atoms with Crippen molar-refractivity contribution in [2.45, 2.75) is 32.2 Å². The van der Waals surface area contributed by atoms with E-state index in [0.29, 0.717) is 6.04 Å². The number of hydrogen-bond acceptors (Lipinski definition) is 1. The number of hydrogen-bond donors (Lipinski definition) is 0. The van der Waals surface area contributed by atoms with E-state index >= 15 is 0 Å². The van der Waals surface area contributed by atoms with Crippen molar-refractivity contribution in [3.8, 4) is 0 Å². The fraction of sp³-hybridized carbons (Fsp3) is 0.500. The van der Waals surface area contributed by atoms with Crippen molar-refractivity contribution in [3.05, 3.63) is 30.3 Å². The number of benzene rings is 1. The van der Waals surface area contributed by atoms with E-state index < -0.39 is 0 Å². The molecule has 1 saturated heterocycles. The quantitative estimate of drug-likeness (QED) is 0.632. The predicted octanol–water partition coefficient (Wildman–Crippen LogP) is 2.87. The first-order valence-corrected chi connectivity index (χ1v) is 5.10. The highest BCUT2D eigenvalue weighted by molar-refractivity contribution is 5.46. The lowest BCUT2D eigenvalue weighted by atomic mass is 10.0. The molecule has 1 aliphatic rings. The van der Waals surface area contributed by atoms with Crippen molar-refractivity contribution in [1.29, 1.82) is 0 Å². The Morgan fingerprint density at radius 2 is 2.38 bits per heavy atom. The second kappa shape index (κ2) is 3.82. The van der Waals surface area contributed by atoms with E-state index in [-0.39, 0.29) is 0 Å². The average Bonchev–Trinajstić information content (AvgIpc) is 2.20. The highest BCUT2D eigenvalue weighted by Gasteiger charge is 2.17. The Labute approximate surface area is 80.4 Å². The Hall–Kier alpha value is -0.980. The van der Waals surface area contributed by atoms with Crippen LogP contribution in [-0.4, -0.2) is 12.6 Å². The van der Waals surface area contributed by atoms with Crippen LogP contribution in [0, 0.1) is 6.07 Å². The van der Waals surface area contributed by atoms with Crippen LogP contribution < -0.4 is 4.90 Å². The monoisotopic (exact) mass is 174 g/mol. The van der Waals surface area contributed by atoms with Gasteiger partial charge in [0.1, 0.15) is 0 Å². The molecule has 1 radical (unpaired) electrons. The van der Waals surface area contributed by atoms with Gasteiger partial charge in [-0.15, -0.1) is 0 Å². The van der Waals surface area contributed by atoms with Crippen LogP contribution in [0.3, 0.4) is 0 Å². The van der Waals surface area contributed by atoms with Gasteiger partial charge in [0.05, 0.1) is 0 Å². The van der Waals surface area contributed by atoms with Gasteiger partial charge < -0.3 is 4.90 Å². The highest BCUT2D eigenvalue weighted by atomic mass is 15.2. The number of rotatable bonds is 1. The summed E-state index contributed by atoms with van der Waals surface area (Å²) < 4.78 is 0. The summed E-state index contributed by atoms with van der Waals surface area (Å²) in [5.74, 6) is 0. The predicted molar refractivity (Wildman–Crippen MR) is 55.9 cm³/mol. The minimum Gasteiger partial charge on any atom is -0.369 e. The summed E-state index contributed by atoms with van der Waals surface area (Å²) in [5.41, 5.74) is 1.33. The summed E-state index contributed by atoms with van der Waals surface area (Å²) >= 11 is 0. The Morgan fingerprint density at radius 3 is 3.08 bits per heavy atom. The maximum absolute atomic E-state index is 3.14. The largest absolute Gasteiger partial charge is 0.369 e. The third-order valence-electron chi connectivity index (χ3n) is 2.83. The molecule has 1 aromatic carbocycles. The second-order valence-corrected chi connectivity index (χ2v) is 3.80. The van der Waals surface area contributed by atoms with Gasteiger partial charge in [-0.2, -0.15) is 0 Å². The third kappa shape index (κ3) is 1.85. The molecule has 1 atom stereocenters. The molecule has 0 bridgehead atoms. The molecule has 1 heterocycles. The molecule has 0 amide bonds. The van der Waals surface area contributed by atoms with Crippen molar-refractivity contribution < 1.29 is 0 Å². The molecular weight excluding hydrogens is 158 g/mol. The van der Waals surface area contributed by atoms with Crippen LogP contribution in [0.5, 0.6) is 0 Å². The van der Waals surface area contributed by atoms with Crippen LogP contribution in [0.1, 0.15) is 26.2 Å². The molecule has 0 spiro atoms. The van der Waals surface area contributed by atoms with Crippen LogP contribution in [-0.2, 0) is 0 Å². The number of nitrogens with zero attached hydrogens (tertiary/aromatic N) is 1. The standard InChI is InChI=1S/C12H16N/c1-11-7-5-6-10-13(11)12-8-3-2-4-9-12/h2-3,8-9,11H,5-7,10H2,1H3. The fourth-order valence-electron chi connectivity index (χ4n) is 2.04. The molecule has 1 fully saturated rings. The van der Waals surface area contributed by atoms with Gasteiger partial charge in [-0.3, -0.25) is 0 Å². The highest BCUT2D eigenvalue weighted by Crippen LogP contribution is 2.23. The maximum atomic E-state index is 3.14. The summed E-state index contributed by atoms with van der Waals surface area (Å²) in [5, 5.41) is 0. The zero-order valence-electron chi connectivity index (χ0n) is 8.16. The lowest BCUT2D eigenvalue weighted by Gasteiger charge is -2.35. The molecule has 2 rings (SSSR count). The average molecular weight is 174 g/mol. The summed E-state index contributed by atoms with van der Waals surface area (Å²) in [7, 11) is 0. The molecule has 0 aromatic heterocycles. The van der Waals surface area contributed by atoms with Gasteiger partial charge in [0.2, 0.25) is 0 Å². The van der Waals surface area contributed by atoms with Gasteiger partial charge in [-0.05, 0) is 44.4 Å². The summed E-state index contributed by atoms with van der Waals surface area (Å²) in [6.45, 7) is 3.52. The molecule has 69 valence electrons. The first kappa shape index (κ1) is 8.61. The lowest BCUT2D eigenvalue weighted by Crippen LogP contribution is -2.37. The Kier molecular flexibility index (Phi) is 2.53. The van der Waals surface area contributed by atoms with Crippen molar-refractivity contribution >= 4 is 5.69 Å². The third-order valence-corrected chi connectivity index (χ3v) is 2.83. The zero-order valence-corrected chi connectivity index (χ0v) is 8.16. The summed E-state index contributed by atoms with van der Waals surface area (Å²) in [6.07, 6.45) is 4.04. The first-order chi connectivity index (χ1) is 6.38.